The molecule has 0 unspecified atom stereocenters. The molecule has 2 rings (SSSR count). The lowest BCUT2D eigenvalue weighted by atomic mass is 10.2. The molecule has 1 aromatic carbocycles. The zero-order valence-electron chi connectivity index (χ0n) is 13.7. The molecule has 5 nitrogen and oxygen atoms in total. The van der Waals surface area contributed by atoms with Crippen LogP contribution in [0.15, 0.2) is 24.4 Å². The molecule has 0 radical (unpaired) electrons. The summed E-state index contributed by atoms with van der Waals surface area (Å²) in [5.74, 6) is 0.126. The molecule has 0 atom stereocenters. The first-order valence-electron chi connectivity index (χ1n) is 7.83. The predicted molar refractivity (Wildman–Crippen MR) is 92.4 cm³/mol. The summed E-state index contributed by atoms with van der Waals surface area (Å²) >= 11 is 6.10. The number of benzene rings is 1. The number of halogens is 1. The van der Waals surface area contributed by atoms with Gasteiger partial charge in [0, 0.05) is 23.5 Å². The Kier molecular flexibility index (Phi) is 6.04. The first kappa shape index (κ1) is 17.3. The molecule has 1 N–H and O–H groups in total. The van der Waals surface area contributed by atoms with Gasteiger partial charge in [-0.25, -0.2) is 0 Å². The van der Waals surface area contributed by atoms with Gasteiger partial charge in [-0.2, -0.15) is 0 Å². The maximum atomic E-state index is 12.6. The molecule has 1 heterocycles. The van der Waals surface area contributed by atoms with E-state index in [9.17, 15) is 4.79 Å². The fourth-order valence-corrected chi connectivity index (χ4v) is 2.32. The van der Waals surface area contributed by atoms with Crippen molar-refractivity contribution in [2.45, 2.75) is 40.2 Å². The van der Waals surface area contributed by atoms with Gasteiger partial charge in [-0.05, 0) is 37.5 Å². The largest absolute Gasteiger partial charge is 0.476 e. The molecule has 0 fully saturated rings. The number of nitrogens with zero attached hydrogens (tertiary/aromatic N) is 2. The minimum Gasteiger partial charge on any atom is -0.476 e. The van der Waals surface area contributed by atoms with Crippen molar-refractivity contribution in [2.75, 3.05) is 11.9 Å². The van der Waals surface area contributed by atoms with Crippen LogP contribution < -0.4 is 10.1 Å². The van der Waals surface area contributed by atoms with Crippen LogP contribution in [0.1, 0.15) is 42.6 Å². The average molecular weight is 336 g/mol. The Balaban J connectivity index is 2.24. The summed E-state index contributed by atoms with van der Waals surface area (Å²) in [5.41, 5.74) is 1.96. The summed E-state index contributed by atoms with van der Waals surface area (Å²) in [7, 11) is 0. The molecule has 0 aliphatic heterocycles. The number of hydrogen-bond donors (Lipinski definition) is 1. The highest BCUT2D eigenvalue weighted by Crippen LogP contribution is 2.25. The third-order valence-corrected chi connectivity index (χ3v) is 3.79. The fraction of sp³-hybridized carbons (Fsp3) is 0.412. The lowest BCUT2D eigenvalue weighted by Gasteiger charge is -2.09. The van der Waals surface area contributed by atoms with Gasteiger partial charge in [0.1, 0.15) is 5.56 Å². The molecule has 6 heteroatoms. The molecular weight excluding hydrogens is 314 g/mol. The van der Waals surface area contributed by atoms with Crippen LogP contribution >= 0.6 is 11.6 Å². The average Bonchev–Trinajstić information content (AvgIpc) is 2.93. The van der Waals surface area contributed by atoms with Crippen LogP contribution in [0.4, 0.5) is 5.69 Å². The Morgan fingerprint density at radius 3 is 2.83 bits per heavy atom. The van der Waals surface area contributed by atoms with E-state index in [1.807, 2.05) is 19.9 Å². The Labute approximate surface area is 141 Å². The highest BCUT2D eigenvalue weighted by atomic mass is 35.5. The molecule has 124 valence electrons. The van der Waals surface area contributed by atoms with E-state index < -0.39 is 0 Å². The number of aryl methyl sites for hydroxylation is 1. The molecule has 0 spiro atoms. The van der Waals surface area contributed by atoms with Crippen molar-refractivity contribution in [2.24, 2.45) is 0 Å². The SMILES string of the molecule is CCCOc1nn(CCC)cc1C(=O)Nc1cccc(Cl)c1C. The predicted octanol–water partition coefficient (Wildman–Crippen LogP) is 4.30. The van der Waals surface area contributed by atoms with Crippen LogP contribution in [-0.4, -0.2) is 22.3 Å². The topological polar surface area (TPSA) is 56.2 Å². The summed E-state index contributed by atoms with van der Waals surface area (Å²) in [6.45, 7) is 7.21. The van der Waals surface area contributed by atoms with E-state index in [0.29, 0.717) is 28.8 Å². The molecule has 23 heavy (non-hydrogen) atoms. The van der Waals surface area contributed by atoms with Gasteiger partial charge in [-0.3, -0.25) is 9.48 Å². The minimum absolute atomic E-state index is 0.246. The van der Waals surface area contributed by atoms with Gasteiger partial charge in [-0.15, -0.1) is 5.10 Å². The number of ether oxygens (including phenoxy) is 1. The van der Waals surface area contributed by atoms with Crippen molar-refractivity contribution in [3.8, 4) is 5.88 Å². The summed E-state index contributed by atoms with van der Waals surface area (Å²) in [5, 5.41) is 7.85. The lowest BCUT2D eigenvalue weighted by Crippen LogP contribution is -2.14. The minimum atomic E-state index is -0.246. The normalized spacial score (nSPS) is 10.6. The van der Waals surface area contributed by atoms with Crippen LogP contribution in [0.3, 0.4) is 0 Å². The van der Waals surface area contributed by atoms with Gasteiger partial charge in [-0.1, -0.05) is 31.5 Å². The van der Waals surface area contributed by atoms with Crippen molar-refractivity contribution in [1.29, 1.82) is 0 Å². The summed E-state index contributed by atoms with van der Waals surface area (Å²) in [4.78, 5) is 12.6. The number of aromatic nitrogens is 2. The van der Waals surface area contributed by atoms with Gasteiger partial charge < -0.3 is 10.1 Å². The first-order chi connectivity index (χ1) is 11.1. The smallest absolute Gasteiger partial charge is 0.262 e. The van der Waals surface area contributed by atoms with E-state index in [1.54, 1.807) is 23.0 Å². The lowest BCUT2D eigenvalue weighted by molar-refractivity contribution is 0.102. The Morgan fingerprint density at radius 2 is 2.13 bits per heavy atom. The van der Waals surface area contributed by atoms with Crippen LogP contribution in [0.2, 0.25) is 5.02 Å². The van der Waals surface area contributed by atoms with Crippen molar-refractivity contribution >= 4 is 23.2 Å². The quantitative estimate of drug-likeness (QED) is 0.820. The van der Waals surface area contributed by atoms with Crippen LogP contribution in [0, 0.1) is 6.92 Å². The van der Waals surface area contributed by atoms with Crippen molar-refractivity contribution in [1.82, 2.24) is 9.78 Å². The molecule has 0 bridgehead atoms. The van der Waals surface area contributed by atoms with E-state index in [0.717, 1.165) is 24.9 Å². The van der Waals surface area contributed by atoms with Gasteiger partial charge in [0.2, 0.25) is 5.88 Å². The van der Waals surface area contributed by atoms with Crippen LogP contribution in [0.25, 0.3) is 0 Å². The van der Waals surface area contributed by atoms with Gasteiger partial charge >= 0.3 is 0 Å². The van der Waals surface area contributed by atoms with Crippen molar-refractivity contribution in [3.05, 3.63) is 40.5 Å². The Bertz CT molecular complexity index is 682. The van der Waals surface area contributed by atoms with Crippen molar-refractivity contribution in [3.63, 3.8) is 0 Å². The third kappa shape index (κ3) is 4.26. The number of amides is 1. The molecule has 1 amide bonds. The summed E-state index contributed by atoms with van der Waals surface area (Å²) in [6.07, 6.45) is 3.52. The Hall–Kier alpha value is -2.01. The summed E-state index contributed by atoms with van der Waals surface area (Å²) in [6, 6.07) is 5.42. The maximum Gasteiger partial charge on any atom is 0.262 e. The second-order valence-corrected chi connectivity index (χ2v) is 5.73. The first-order valence-corrected chi connectivity index (χ1v) is 8.21. The van der Waals surface area contributed by atoms with E-state index in [1.165, 1.54) is 0 Å². The van der Waals surface area contributed by atoms with Crippen LogP contribution in [0.5, 0.6) is 5.88 Å². The maximum absolute atomic E-state index is 12.6. The molecular formula is C17H22ClN3O2. The molecule has 0 saturated carbocycles. The second kappa shape index (κ2) is 8.02. The van der Waals surface area contributed by atoms with Crippen molar-refractivity contribution < 1.29 is 9.53 Å². The second-order valence-electron chi connectivity index (χ2n) is 5.33. The number of hydrogen-bond acceptors (Lipinski definition) is 3. The zero-order chi connectivity index (χ0) is 16.8. The fourth-order valence-electron chi connectivity index (χ4n) is 2.14. The molecule has 0 saturated heterocycles. The molecule has 2 aromatic rings. The highest BCUT2D eigenvalue weighted by molar-refractivity contribution is 6.31. The van der Waals surface area contributed by atoms with E-state index in [4.69, 9.17) is 16.3 Å². The van der Waals surface area contributed by atoms with E-state index in [-0.39, 0.29) is 5.91 Å². The zero-order valence-corrected chi connectivity index (χ0v) is 14.5. The third-order valence-electron chi connectivity index (χ3n) is 3.38. The number of anilines is 1. The Morgan fingerprint density at radius 1 is 1.35 bits per heavy atom. The number of carbonyl (C=O) groups is 1. The van der Waals surface area contributed by atoms with Gasteiger partial charge in [0.25, 0.3) is 5.91 Å². The monoisotopic (exact) mass is 335 g/mol. The number of carbonyl (C=O) groups excluding carboxylic acids is 1. The molecule has 1 aromatic heterocycles. The van der Waals surface area contributed by atoms with Crippen LogP contribution in [-0.2, 0) is 6.54 Å². The molecule has 0 aliphatic rings. The number of rotatable bonds is 7. The molecule has 0 aliphatic carbocycles. The van der Waals surface area contributed by atoms with Gasteiger partial charge in [0.15, 0.2) is 0 Å². The standard InChI is InChI=1S/C17H22ClN3O2/c1-4-9-21-11-13(17(20-21)23-10-5-2)16(22)19-15-8-6-7-14(18)12(15)3/h6-8,11H,4-5,9-10H2,1-3H3,(H,19,22). The summed E-state index contributed by atoms with van der Waals surface area (Å²) < 4.78 is 7.35. The van der Waals surface area contributed by atoms with E-state index >= 15 is 0 Å². The highest BCUT2D eigenvalue weighted by Gasteiger charge is 2.18. The van der Waals surface area contributed by atoms with Gasteiger partial charge in [0.05, 0.1) is 6.61 Å². The number of nitrogens with one attached hydrogen (secondary N) is 1. The van der Waals surface area contributed by atoms with E-state index in [2.05, 4.69) is 17.3 Å².